The molecule has 0 bridgehead atoms. The van der Waals surface area contributed by atoms with Crippen molar-refractivity contribution in [1.29, 1.82) is 0 Å². The van der Waals surface area contributed by atoms with Gasteiger partial charge in [-0.25, -0.2) is 0 Å². The molecule has 7 heteroatoms. The van der Waals surface area contributed by atoms with Crippen molar-refractivity contribution in [1.82, 2.24) is 4.90 Å². The number of amides is 1. The number of thioether (sulfide) groups is 1. The highest BCUT2D eigenvalue weighted by atomic mass is 32.2. The van der Waals surface area contributed by atoms with Gasteiger partial charge in [-0.1, -0.05) is 23.9 Å². The van der Waals surface area contributed by atoms with Crippen LogP contribution in [0.25, 0.3) is 0 Å². The first kappa shape index (κ1) is 13.8. The monoisotopic (exact) mass is 297 g/mol. The second-order valence-electron chi connectivity index (χ2n) is 4.94. The summed E-state index contributed by atoms with van der Waals surface area (Å²) >= 11 is 1.25. The van der Waals surface area contributed by atoms with Gasteiger partial charge in [-0.3, -0.25) is 4.79 Å². The highest BCUT2D eigenvalue weighted by molar-refractivity contribution is 8.00. The van der Waals surface area contributed by atoms with Crippen molar-refractivity contribution in [2.24, 2.45) is 0 Å². The van der Waals surface area contributed by atoms with Crippen molar-refractivity contribution in [3.63, 3.8) is 0 Å². The fraction of sp³-hybridized carbons (Fsp3) is 0.462. The molecular formula is C13H15NO5S. The van der Waals surface area contributed by atoms with E-state index < -0.39 is 36.3 Å². The Morgan fingerprint density at radius 1 is 1.10 bits per heavy atom. The molecule has 108 valence electrons. The average molecular weight is 297 g/mol. The number of rotatable bonds is 1. The minimum atomic E-state index is -1.39. The van der Waals surface area contributed by atoms with Crippen LogP contribution in [0.1, 0.15) is 10.4 Å². The van der Waals surface area contributed by atoms with Crippen molar-refractivity contribution in [2.75, 3.05) is 6.61 Å². The van der Waals surface area contributed by atoms with Gasteiger partial charge < -0.3 is 25.3 Å². The van der Waals surface area contributed by atoms with Crippen LogP contribution in [0, 0.1) is 0 Å². The summed E-state index contributed by atoms with van der Waals surface area (Å²) in [6, 6.07) is 6.04. The molecule has 0 aliphatic carbocycles. The Hall–Kier alpha value is -1.12. The van der Waals surface area contributed by atoms with Crippen LogP contribution in [0.5, 0.6) is 0 Å². The molecule has 2 aliphatic rings. The maximum atomic E-state index is 12.5. The first-order chi connectivity index (χ1) is 9.56. The van der Waals surface area contributed by atoms with Crippen LogP contribution < -0.4 is 0 Å². The molecule has 0 aromatic heterocycles. The third-order valence-corrected chi connectivity index (χ3v) is 5.16. The number of nitrogens with zero attached hydrogens (tertiary/aromatic N) is 1. The lowest BCUT2D eigenvalue weighted by Gasteiger charge is -2.50. The Kier molecular flexibility index (Phi) is 3.47. The Balaban J connectivity index is 2.06. The van der Waals surface area contributed by atoms with Crippen molar-refractivity contribution < 1.29 is 25.2 Å². The summed E-state index contributed by atoms with van der Waals surface area (Å²) in [5.41, 5.74) is 0.475. The van der Waals surface area contributed by atoms with Gasteiger partial charge in [0.15, 0.2) is 0 Å². The number of benzene rings is 1. The number of hydrogen-bond acceptors (Lipinski definition) is 6. The minimum absolute atomic E-state index is 0.353. The molecule has 0 radical (unpaired) electrons. The quantitative estimate of drug-likeness (QED) is 0.531. The van der Waals surface area contributed by atoms with Crippen LogP contribution in [-0.4, -0.2) is 67.6 Å². The molecule has 0 saturated carbocycles. The maximum Gasteiger partial charge on any atom is 0.256 e. The fourth-order valence-corrected chi connectivity index (χ4v) is 4.09. The third-order valence-electron chi connectivity index (χ3n) is 3.80. The predicted octanol–water partition coefficient (Wildman–Crippen LogP) is -0.982. The van der Waals surface area contributed by atoms with Crippen LogP contribution in [0.3, 0.4) is 0 Å². The standard InChI is InChI=1S/C13H15NO5S/c15-5-7-9(16)10(17)11(18)13-14(7)12(19)6-3-1-2-4-8(6)20-13/h1-4,7,9-11,13,15-18H,5H2/t7-,9-,10-,11-,13-/m0/s1. The largest absolute Gasteiger partial charge is 0.394 e. The van der Waals surface area contributed by atoms with Gasteiger partial charge in [-0.15, -0.1) is 0 Å². The molecule has 1 saturated heterocycles. The molecule has 2 heterocycles. The molecule has 4 N–H and O–H groups in total. The van der Waals surface area contributed by atoms with Gasteiger partial charge in [0.2, 0.25) is 0 Å². The lowest BCUT2D eigenvalue weighted by atomic mass is 9.93. The first-order valence-electron chi connectivity index (χ1n) is 6.29. The number of aliphatic hydroxyl groups excluding tert-OH is 4. The summed E-state index contributed by atoms with van der Waals surface area (Å²) in [7, 11) is 0. The molecule has 1 aromatic carbocycles. The van der Waals surface area contributed by atoms with E-state index in [1.807, 2.05) is 0 Å². The smallest absolute Gasteiger partial charge is 0.256 e. The van der Waals surface area contributed by atoms with Crippen LogP contribution in [0.15, 0.2) is 29.2 Å². The maximum absolute atomic E-state index is 12.5. The SMILES string of the molecule is O=C1c2ccccc2S[C@H]2[C@@H](O)[C@@H](O)[C@@H](O)[C@H](CO)N12. The number of fused-ring (bicyclic) bond motifs is 2. The number of carbonyl (C=O) groups excluding carboxylic acids is 1. The summed E-state index contributed by atoms with van der Waals surface area (Å²) in [5.74, 6) is -0.353. The highest BCUT2D eigenvalue weighted by Crippen LogP contribution is 2.42. The summed E-state index contributed by atoms with van der Waals surface area (Å²) in [4.78, 5) is 14.5. The molecule has 1 fully saturated rings. The molecule has 1 aromatic rings. The van der Waals surface area contributed by atoms with E-state index >= 15 is 0 Å². The third kappa shape index (κ3) is 1.86. The van der Waals surface area contributed by atoms with E-state index in [-0.39, 0.29) is 5.91 Å². The minimum Gasteiger partial charge on any atom is -0.394 e. The Morgan fingerprint density at radius 2 is 1.80 bits per heavy atom. The second-order valence-corrected chi connectivity index (χ2v) is 6.10. The Morgan fingerprint density at radius 3 is 2.50 bits per heavy atom. The number of piperidine rings is 1. The molecule has 2 aliphatic heterocycles. The van der Waals surface area contributed by atoms with E-state index in [2.05, 4.69) is 0 Å². The number of carbonyl (C=O) groups is 1. The summed E-state index contributed by atoms with van der Waals surface area (Å²) in [6.45, 7) is -0.476. The molecule has 6 nitrogen and oxygen atoms in total. The van der Waals surface area contributed by atoms with Crippen molar-refractivity contribution >= 4 is 17.7 Å². The van der Waals surface area contributed by atoms with E-state index in [1.54, 1.807) is 24.3 Å². The first-order valence-corrected chi connectivity index (χ1v) is 7.17. The Bertz CT molecular complexity index is 539. The van der Waals surface area contributed by atoms with Gasteiger partial charge in [0, 0.05) is 4.90 Å². The van der Waals surface area contributed by atoms with Gasteiger partial charge in [0.25, 0.3) is 5.91 Å². The molecule has 20 heavy (non-hydrogen) atoms. The zero-order valence-corrected chi connectivity index (χ0v) is 11.3. The zero-order chi connectivity index (χ0) is 14.4. The topological polar surface area (TPSA) is 101 Å². The van der Waals surface area contributed by atoms with Crippen LogP contribution >= 0.6 is 11.8 Å². The van der Waals surface area contributed by atoms with Crippen LogP contribution in [0.2, 0.25) is 0 Å². The number of aliphatic hydroxyl groups is 4. The predicted molar refractivity (Wildman–Crippen MR) is 71.2 cm³/mol. The van der Waals surface area contributed by atoms with E-state index in [1.165, 1.54) is 16.7 Å². The summed E-state index contributed by atoms with van der Waals surface area (Å²) in [6.07, 6.45) is -4.03. The lowest BCUT2D eigenvalue weighted by molar-refractivity contribution is -0.142. The van der Waals surface area contributed by atoms with Gasteiger partial charge in [-0.2, -0.15) is 0 Å². The number of hydrogen-bond donors (Lipinski definition) is 4. The van der Waals surface area contributed by atoms with E-state index in [0.29, 0.717) is 5.56 Å². The molecular weight excluding hydrogens is 282 g/mol. The molecule has 0 spiro atoms. The normalized spacial score (nSPS) is 36.5. The van der Waals surface area contributed by atoms with E-state index in [4.69, 9.17) is 0 Å². The summed E-state index contributed by atoms with van der Waals surface area (Å²) in [5, 5.41) is 38.6. The van der Waals surface area contributed by atoms with Crippen LogP contribution in [-0.2, 0) is 0 Å². The van der Waals surface area contributed by atoms with Gasteiger partial charge in [0.1, 0.15) is 23.7 Å². The second kappa shape index (κ2) is 5.01. The summed E-state index contributed by atoms with van der Waals surface area (Å²) < 4.78 is 0. The van der Waals surface area contributed by atoms with Gasteiger partial charge in [-0.05, 0) is 12.1 Å². The van der Waals surface area contributed by atoms with E-state index in [0.717, 1.165) is 4.90 Å². The van der Waals surface area contributed by atoms with Crippen LogP contribution in [0.4, 0.5) is 0 Å². The highest BCUT2D eigenvalue weighted by Gasteiger charge is 2.52. The van der Waals surface area contributed by atoms with E-state index in [9.17, 15) is 25.2 Å². The zero-order valence-electron chi connectivity index (χ0n) is 10.5. The average Bonchev–Trinajstić information content (AvgIpc) is 2.47. The molecule has 3 rings (SSSR count). The van der Waals surface area contributed by atoms with Crippen molar-refractivity contribution in [3.8, 4) is 0 Å². The van der Waals surface area contributed by atoms with Crippen molar-refractivity contribution in [2.45, 2.75) is 34.6 Å². The molecule has 5 atom stereocenters. The van der Waals surface area contributed by atoms with Crippen molar-refractivity contribution in [3.05, 3.63) is 29.8 Å². The van der Waals surface area contributed by atoms with Gasteiger partial charge >= 0.3 is 0 Å². The molecule has 0 unspecified atom stereocenters. The molecule has 1 amide bonds. The van der Waals surface area contributed by atoms with Gasteiger partial charge in [0.05, 0.1) is 18.2 Å². The Labute approximate surface area is 119 Å². The lowest BCUT2D eigenvalue weighted by Crippen LogP contribution is -2.68. The fourth-order valence-electron chi connectivity index (χ4n) is 2.72.